The first-order valence-corrected chi connectivity index (χ1v) is 4.50. The van der Waals surface area contributed by atoms with E-state index in [0.717, 1.165) is 0 Å². The molecule has 0 aromatic heterocycles. The summed E-state index contributed by atoms with van der Waals surface area (Å²) in [6.07, 6.45) is 0. The highest BCUT2D eigenvalue weighted by molar-refractivity contribution is 5.78. The minimum atomic E-state index is -0.172. The van der Waals surface area contributed by atoms with Gasteiger partial charge < -0.3 is 15.7 Å². The lowest BCUT2D eigenvalue weighted by Crippen LogP contribution is -2.46. The molecule has 13 heavy (non-hydrogen) atoms. The molecular weight excluding hydrogens is 168 g/mol. The molecule has 0 saturated carbocycles. The molecule has 0 bridgehead atoms. The molecule has 0 aromatic rings. The van der Waals surface area contributed by atoms with Crippen LogP contribution in [0.1, 0.15) is 27.7 Å². The molecule has 4 heteroatoms. The predicted octanol–water partition coefficient (Wildman–Crippen LogP) is -0.128. The summed E-state index contributed by atoms with van der Waals surface area (Å²) in [4.78, 5) is 11.2. The van der Waals surface area contributed by atoms with Crippen molar-refractivity contribution in [2.75, 3.05) is 13.2 Å². The number of hydrogen-bond donors (Lipinski definition) is 3. The van der Waals surface area contributed by atoms with Crippen LogP contribution < -0.4 is 10.6 Å². The number of carbonyl (C=O) groups excluding carboxylic acids is 1. The zero-order chi connectivity index (χ0) is 10.5. The van der Waals surface area contributed by atoms with Crippen LogP contribution in [0.25, 0.3) is 0 Å². The summed E-state index contributed by atoms with van der Waals surface area (Å²) in [6.45, 7) is 8.01. The molecule has 0 aliphatic heterocycles. The number of amides is 1. The van der Waals surface area contributed by atoms with Crippen molar-refractivity contribution in [1.29, 1.82) is 0 Å². The Kier molecular flexibility index (Phi) is 4.95. The van der Waals surface area contributed by atoms with Crippen LogP contribution in [0.3, 0.4) is 0 Å². The van der Waals surface area contributed by atoms with E-state index in [0.29, 0.717) is 0 Å². The van der Waals surface area contributed by atoms with Gasteiger partial charge in [0.25, 0.3) is 0 Å². The van der Waals surface area contributed by atoms with Gasteiger partial charge in [-0.25, -0.2) is 0 Å². The van der Waals surface area contributed by atoms with Crippen molar-refractivity contribution < 1.29 is 9.90 Å². The smallest absolute Gasteiger partial charge is 0.234 e. The van der Waals surface area contributed by atoms with Crippen LogP contribution in [-0.2, 0) is 4.79 Å². The van der Waals surface area contributed by atoms with Crippen LogP contribution in [0, 0.1) is 0 Å². The molecule has 0 spiro atoms. The Hall–Kier alpha value is -0.610. The van der Waals surface area contributed by atoms with Crippen LogP contribution in [0.4, 0.5) is 0 Å². The summed E-state index contributed by atoms with van der Waals surface area (Å²) >= 11 is 0. The maximum atomic E-state index is 11.2. The van der Waals surface area contributed by atoms with Gasteiger partial charge in [-0.05, 0) is 27.7 Å². The predicted molar refractivity (Wildman–Crippen MR) is 52.4 cm³/mol. The number of aliphatic hydroxyl groups excluding tert-OH is 1. The third kappa shape index (κ3) is 7.74. The molecule has 0 aliphatic carbocycles. The molecule has 0 unspecified atom stereocenters. The van der Waals surface area contributed by atoms with Gasteiger partial charge in [0.1, 0.15) is 0 Å². The van der Waals surface area contributed by atoms with E-state index < -0.39 is 0 Å². The molecule has 0 saturated heterocycles. The molecule has 0 aromatic carbocycles. The first kappa shape index (κ1) is 12.4. The van der Waals surface area contributed by atoms with Crippen molar-refractivity contribution in [3.8, 4) is 0 Å². The van der Waals surface area contributed by atoms with Crippen LogP contribution in [0.5, 0.6) is 0 Å². The highest BCUT2D eigenvalue weighted by Gasteiger charge is 2.12. The normalized spacial score (nSPS) is 13.9. The van der Waals surface area contributed by atoms with Gasteiger partial charge in [-0.2, -0.15) is 0 Å². The van der Waals surface area contributed by atoms with Gasteiger partial charge in [0.05, 0.1) is 13.2 Å². The van der Waals surface area contributed by atoms with Crippen LogP contribution in [0.2, 0.25) is 0 Å². The van der Waals surface area contributed by atoms with Gasteiger partial charge in [-0.15, -0.1) is 0 Å². The highest BCUT2D eigenvalue weighted by Crippen LogP contribution is 1.96. The standard InChI is InChI=1S/C9H20N2O2/c1-7(6-12)11-8(13)5-10-9(2,3)4/h7,10,12H,5-6H2,1-4H3,(H,11,13)/t7-/m0/s1. The lowest BCUT2D eigenvalue weighted by molar-refractivity contribution is -0.121. The Labute approximate surface area is 79.7 Å². The summed E-state index contributed by atoms with van der Waals surface area (Å²) in [5.74, 6) is -0.0866. The van der Waals surface area contributed by atoms with E-state index >= 15 is 0 Å². The lowest BCUT2D eigenvalue weighted by Gasteiger charge is -2.20. The largest absolute Gasteiger partial charge is 0.394 e. The quantitative estimate of drug-likeness (QED) is 0.576. The summed E-state index contributed by atoms with van der Waals surface area (Å²) in [6, 6.07) is -0.172. The number of carbonyl (C=O) groups is 1. The van der Waals surface area contributed by atoms with Gasteiger partial charge in [0.15, 0.2) is 0 Å². The second kappa shape index (κ2) is 5.19. The molecule has 78 valence electrons. The summed E-state index contributed by atoms with van der Waals surface area (Å²) in [5.41, 5.74) is -0.0558. The Morgan fingerprint density at radius 3 is 2.38 bits per heavy atom. The van der Waals surface area contributed by atoms with E-state index in [1.807, 2.05) is 20.8 Å². The molecule has 4 nitrogen and oxygen atoms in total. The first-order chi connectivity index (χ1) is 5.85. The van der Waals surface area contributed by atoms with Crippen LogP contribution >= 0.6 is 0 Å². The maximum Gasteiger partial charge on any atom is 0.234 e. The SMILES string of the molecule is C[C@@H](CO)NC(=O)CNC(C)(C)C. The molecule has 0 radical (unpaired) electrons. The monoisotopic (exact) mass is 188 g/mol. The second-order valence-corrected chi connectivity index (χ2v) is 4.25. The topological polar surface area (TPSA) is 61.4 Å². The molecule has 0 rings (SSSR count). The zero-order valence-corrected chi connectivity index (χ0v) is 8.85. The van der Waals surface area contributed by atoms with Gasteiger partial charge >= 0.3 is 0 Å². The Morgan fingerprint density at radius 1 is 1.46 bits per heavy atom. The summed E-state index contributed by atoms with van der Waals surface area (Å²) < 4.78 is 0. The summed E-state index contributed by atoms with van der Waals surface area (Å²) in [7, 11) is 0. The van der Waals surface area contributed by atoms with E-state index in [-0.39, 0.29) is 30.6 Å². The van der Waals surface area contributed by atoms with Crippen LogP contribution in [-0.4, -0.2) is 35.7 Å². The van der Waals surface area contributed by atoms with Gasteiger partial charge in [0, 0.05) is 11.6 Å². The van der Waals surface area contributed by atoms with Crippen molar-refractivity contribution in [3.63, 3.8) is 0 Å². The molecule has 3 N–H and O–H groups in total. The Morgan fingerprint density at radius 2 is 2.00 bits per heavy atom. The Bertz CT molecular complexity index is 163. The zero-order valence-electron chi connectivity index (χ0n) is 8.85. The van der Waals surface area contributed by atoms with Gasteiger partial charge in [-0.1, -0.05) is 0 Å². The molecule has 0 fully saturated rings. The molecular formula is C9H20N2O2. The number of aliphatic hydroxyl groups is 1. The van der Waals surface area contributed by atoms with Gasteiger partial charge in [0.2, 0.25) is 5.91 Å². The average Bonchev–Trinajstić information content (AvgIpc) is 1.99. The van der Waals surface area contributed by atoms with E-state index in [1.165, 1.54) is 0 Å². The maximum absolute atomic E-state index is 11.2. The number of hydrogen-bond acceptors (Lipinski definition) is 3. The van der Waals surface area contributed by atoms with Crippen molar-refractivity contribution in [2.24, 2.45) is 0 Å². The van der Waals surface area contributed by atoms with E-state index in [4.69, 9.17) is 5.11 Å². The fourth-order valence-electron chi connectivity index (χ4n) is 0.717. The van der Waals surface area contributed by atoms with Crippen LogP contribution in [0.15, 0.2) is 0 Å². The van der Waals surface area contributed by atoms with E-state index in [2.05, 4.69) is 10.6 Å². The van der Waals surface area contributed by atoms with E-state index in [1.54, 1.807) is 6.92 Å². The number of nitrogens with one attached hydrogen (secondary N) is 2. The van der Waals surface area contributed by atoms with E-state index in [9.17, 15) is 4.79 Å². The fraction of sp³-hybridized carbons (Fsp3) is 0.889. The lowest BCUT2D eigenvalue weighted by atomic mass is 10.1. The molecule has 1 amide bonds. The highest BCUT2D eigenvalue weighted by atomic mass is 16.3. The van der Waals surface area contributed by atoms with Crippen molar-refractivity contribution in [3.05, 3.63) is 0 Å². The fourth-order valence-corrected chi connectivity index (χ4v) is 0.717. The molecule has 0 heterocycles. The van der Waals surface area contributed by atoms with Gasteiger partial charge in [-0.3, -0.25) is 4.79 Å². The van der Waals surface area contributed by atoms with Crippen molar-refractivity contribution >= 4 is 5.91 Å². The average molecular weight is 188 g/mol. The minimum Gasteiger partial charge on any atom is -0.394 e. The minimum absolute atomic E-state index is 0.0265. The number of rotatable bonds is 4. The summed E-state index contributed by atoms with van der Waals surface area (Å²) in [5, 5.41) is 14.4. The second-order valence-electron chi connectivity index (χ2n) is 4.25. The molecule has 0 aliphatic rings. The third-order valence-electron chi connectivity index (χ3n) is 1.46. The molecule has 1 atom stereocenters. The first-order valence-electron chi connectivity index (χ1n) is 4.50. The van der Waals surface area contributed by atoms with Crippen molar-refractivity contribution in [1.82, 2.24) is 10.6 Å². The Balaban J connectivity index is 3.64. The third-order valence-corrected chi connectivity index (χ3v) is 1.46. The van der Waals surface area contributed by atoms with Crippen molar-refractivity contribution in [2.45, 2.75) is 39.3 Å².